The van der Waals surface area contributed by atoms with Crippen LogP contribution in [-0.4, -0.2) is 22.8 Å². The summed E-state index contributed by atoms with van der Waals surface area (Å²) in [6, 6.07) is 2.39. The molecule has 0 spiro atoms. The van der Waals surface area contributed by atoms with E-state index in [1.54, 1.807) is 6.20 Å². The summed E-state index contributed by atoms with van der Waals surface area (Å²) in [7, 11) is 0. The van der Waals surface area contributed by atoms with E-state index in [9.17, 15) is 0 Å². The highest BCUT2D eigenvalue weighted by atomic mass is 15.2. The molecular weight excluding hydrogens is 176 g/mol. The first-order chi connectivity index (χ1) is 6.72. The topological polar surface area (TPSA) is 63.8 Å². The number of hydrogen-bond donors (Lipinski definition) is 2. The Labute approximate surface area is 84.9 Å². The average molecular weight is 194 g/mol. The Bertz CT molecular complexity index is 275. The van der Waals surface area contributed by atoms with Crippen molar-refractivity contribution in [2.24, 2.45) is 5.73 Å². The molecule has 0 aliphatic heterocycles. The van der Waals surface area contributed by atoms with Crippen molar-refractivity contribution >= 4 is 5.82 Å². The number of hydrogen-bond acceptors (Lipinski definition) is 4. The Morgan fingerprint density at radius 1 is 1.57 bits per heavy atom. The largest absolute Gasteiger partial charge is 0.366 e. The Hall–Kier alpha value is -1.16. The highest BCUT2D eigenvalue weighted by Crippen LogP contribution is 2.07. The lowest BCUT2D eigenvalue weighted by Gasteiger charge is -2.13. The fourth-order valence-corrected chi connectivity index (χ4v) is 1.28. The molecule has 0 aromatic carbocycles. The van der Waals surface area contributed by atoms with Crippen LogP contribution in [0.25, 0.3) is 0 Å². The molecule has 1 unspecified atom stereocenters. The van der Waals surface area contributed by atoms with Gasteiger partial charge in [-0.1, -0.05) is 0 Å². The van der Waals surface area contributed by atoms with Crippen molar-refractivity contribution < 1.29 is 0 Å². The summed E-state index contributed by atoms with van der Waals surface area (Å²) in [5.41, 5.74) is 6.56. The van der Waals surface area contributed by atoms with Gasteiger partial charge < -0.3 is 11.1 Å². The van der Waals surface area contributed by atoms with Crippen molar-refractivity contribution in [3.63, 3.8) is 0 Å². The van der Waals surface area contributed by atoms with E-state index in [0.29, 0.717) is 6.04 Å². The SMILES string of the molecule is Cc1cnnc(NC(C)CCCN)c1. The van der Waals surface area contributed by atoms with Gasteiger partial charge in [-0.2, -0.15) is 5.10 Å². The predicted molar refractivity (Wildman–Crippen MR) is 58.1 cm³/mol. The third kappa shape index (κ3) is 3.70. The molecule has 0 radical (unpaired) electrons. The quantitative estimate of drug-likeness (QED) is 0.742. The van der Waals surface area contributed by atoms with Gasteiger partial charge in [-0.3, -0.25) is 0 Å². The summed E-state index contributed by atoms with van der Waals surface area (Å²) in [6.07, 6.45) is 3.84. The molecule has 4 heteroatoms. The van der Waals surface area contributed by atoms with Gasteiger partial charge in [0.2, 0.25) is 0 Å². The smallest absolute Gasteiger partial charge is 0.149 e. The van der Waals surface area contributed by atoms with E-state index in [4.69, 9.17) is 5.73 Å². The molecule has 78 valence electrons. The number of nitrogens with one attached hydrogen (secondary N) is 1. The van der Waals surface area contributed by atoms with Crippen molar-refractivity contribution in [1.29, 1.82) is 0 Å². The molecule has 0 amide bonds. The van der Waals surface area contributed by atoms with Crippen molar-refractivity contribution in [3.05, 3.63) is 17.8 Å². The molecule has 3 N–H and O–H groups in total. The average Bonchev–Trinajstić information content (AvgIpc) is 2.15. The number of rotatable bonds is 5. The number of nitrogens with zero attached hydrogens (tertiary/aromatic N) is 2. The zero-order chi connectivity index (χ0) is 10.4. The molecule has 4 nitrogen and oxygen atoms in total. The number of aryl methyl sites for hydroxylation is 1. The van der Waals surface area contributed by atoms with E-state index in [2.05, 4.69) is 22.4 Å². The second-order valence-corrected chi connectivity index (χ2v) is 3.59. The van der Waals surface area contributed by atoms with Crippen molar-refractivity contribution in [1.82, 2.24) is 10.2 Å². The lowest BCUT2D eigenvalue weighted by Crippen LogP contribution is -2.17. The highest BCUT2D eigenvalue weighted by Gasteiger charge is 2.02. The van der Waals surface area contributed by atoms with E-state index in [1.165, 1.54) is 0 Å². The zero-order valence-corrected chi connectivity index (χ0v) is 8.83. The van der Waals surface area contributed by atoms with Crippen LogP contribution >= 0.6 is 0 Å². The maximum atomic E-state index is 5.44. The molecule has 14 heavy (non-hydrogen) atoms. The van der Waals surface area contributed by atoms with E-state index in [1.807, 2.05) is 13.0 Å². The Kier molecular flexibility index (Phi) is 4.32. The summed E-state index contributed by atoms with van der Waals surface area (Å²) < 4.78 is 0. The monoisotopic (exact) mass is 194 g/mol. The standard InChI is InChI=1S/C10H18N4/c1-8-6-10(14-12-7-8)13-9(2)4-3-5-11/h6-7,9H,3-5,11H2,1-2H3,(H,13,14). The predicted octanol–water partition coefficient (Wildman–Crippen LogP) is 1.32. The van der Waals surface area contributed by atoms with Crippen molar-refractivity contribution in [2.45, 2.75) is 32.7 Å². The molecule has 0 bridgehead atoms. The first-order valence-electron chi connectivity index (χ1n) is 4.98. The summed E-state index contributed by atoms with van der Waals surface area (Å²) in [6.45, 7) is 4.87. The van der Waals surface area contributed by atoms with Crippen LogP contribution in [0.4, 0.5) is 5.82 Å². The van der Waals surface area contributed by atoms with Gasteiger partial charge in [0.25, 0.3) is 0 Å². The molecule has 0 aliphatic carbocycles. The Morgan fingerprint density at radius 3 is 3.00 bits per heavy atom. The number of nitrogens with two attached hydrogens (primary N) is 1. The Morgan fingerprint density at radius 2 is 2.36 bits per heavy atom. The van der Waals surface area contributed by atoms with Crippen LogP contribution < -0.4 is 11.1 Å². The third-order valence-electron chi connectivity index (χ3n) is 2.03. The zero-order valence-electron chi connectivity index (χ0n) is 8.83. The van der Waals surface area contributed by atoms with Gasteiger partial charge in [-0.15, -0.1) is 5.10 Å². The number of anilines is 1. The van der Waals surface area contributed by atoms with Crippen molar-refractivity contribution in [3.8, 4) is 0 Å². The lowest BCUT2D eigenvalue weighted by molar-refractivity contribution is 0.659. The second-order valence-electron chi connectivity index (χ2n) is 3.59. The third-order valence-corrected chi connectivity index (χ3v) is 2.03. The molecule has 1 heterocycles. The second kappa shape index (κ2) is 5.54. The van der Waals surface area contributed by atoms with Crippen LogP contribution in [0.1, 0.15) is 25.3 Å². The molecule has 0 aliphatic rings. The minimum atomic E-state index is 0.398. The lowest BCUT2D eigenvalue weighted by atomic mass is 10.2. The van der Waals surface area contributed by atoms with Crippen LogP contribution in [0.2, 0.25) is 0 Å². The molecule has 1 atom stereocenters. The first-order valence-corrected chi connectivity index (χ1v) is 4.98. The van der Waals surface area contributed by atoms with Gasteiger partial charge >= 0.3 is 0 Å². The maximum absolute atomic E-state index is 5.44. The highest BCUT2D eigenvalue weighted by molar-refractivity contribution is 5.35. The maximum Gasteiger partial charge on any atom is 0.149 e. The summed E-state index contributed by atoms with van der Waals surface area (Å²) in [5, 5.41) is 11.2. The molecule has 1 rings (SSSR count). The van der Waals surface area contributed by atoms with Gasteiger partial charge in [0.15, 0.2) is 0 Å². The normalized spacial score (nSPS) is 12.5. The molecule has 1 aromatic rings. The van der Waals surface area contributed by atoms with Gasteiger partial charge in [0.1, 0.15) is 5.82 Å². The number of aromatic nitrogens is 2. The van der Waals surface area contributed by atoms with E-state index in [0.717, 1.165) is 30.8 Å². The van der Waals surface area contributed by atoms with Crippen LogP contribution in [0, 0.1) is 6.92 Å². The van der Waals surface area contributed by atoms with Gasteiger partial charge in [0, 0.05) is 6.04 Å². The molecule has 1 aromatic heterocycles. The van der Waals surface area contributed by atoms with Crippen LogP contribution in [0.15, 0.2) is 12.3 Å². The first kappa shape index (κ1) is 10.9. The minimum Gasteiger partial charge on any atom is -0.366 e. The molecular formula is C10H18N4. The fraction of sp³-hybridized carbons (Fsp3) is 0.600. The van der Waals surface area contributed by atoms with E-state index in [-0.39, 0.29) is 0 Å². The summed E-state index contributed by atoms with van der Waals surface area (Å²) in [5.74, 6) is 0.842. The van der Waals surface area contributed by atoms with Gasteiger partial charge in [-0.25, -0.2) is 0 Å². The summed E-state index contributed by atoms with van der Waals surface area (Å²) >= 11 is 0. The van der Waals surface area contributed by atoms with Crippen molar-refractivity contribution in [2.75, 3.05) is 11.9 Å². The van der Waals surface area contributed by atoms with E-state index >= 15 is 0 Å². The molecule has 0 fully saturated rings. The van der Waals surface area contributed by atoms with Gasteiger partial charge in [0.05, 0.1) is 6.20 Å². The van der Waals surface area contributed by atoms with Crippen LogP contribution in [-0.2, 0) is 0 Å². The molecule has 0 saturated carbocycles. The fourth-order valence-electron chi connectivity index (χ4n) is 1.28. The van der Waals surface area contributed by atoms with Gasteiger partial charge in [-0.05, 0) is 44.9 Å². The summed E-state index contributed by atoms with van der Waals surface area (Å²) in [4.78, 5) is 0. The molecule has 0 saturated heterocycles. The van der Waals surface area contributed by atoms with Crippen LogP contribution in [0.5, 0.6) is 0 Å². The minimum absolute atomic E-state index is 0.398. The van der Waals surface area contributed by atoms with Crippen LogP contribution in [0.3, 0.4) is 0 Å². The van der Waals surface area contributed by atoms with E-state index < -0.39 is 0 Å². The Balaban J connectivity index is 2.43.